The van der Waals surface area contributed by atoms with E-state index in [-0.39, 0.29) is 10.8 Å². The zero-order valence-electron chi connectivity index (χ0n) is 15.6. The SMILES string of the molecule is Cc1ccc(SCCNS(=O)(=O)c2ccc(N3CCCC3=O)c(C)c2)cc1. The maximum Gasteiger partial charge on any atom is 0.240 e. The van der Waals surface area contributed by atoms with Crippen LogP contribution < -0.4 is 9.62 Å². The average Bonchev–Trinajstić information content (AvgIpc) is 3.06. The van der Waals surface area contributed by atoms with Gasteiger partial charge in [-0.1, -0.05) is 17.7 Å². The first-order valence-corrected chi connectivity index (χ1v) is 11.4. The van der Waals surface area contributed by atoms with E-state index in [0.717, 1.165) is 22.6 Å². The highest BCUT2D eigenvalue weighted by atomic mass is 32.2. The number of nitrogens with one attached hydrogen (secondary N) is 1. The normalized spacial score (nSPS) is 14.7. The van der Waals surface area contributed by atoms with Gasteiger partial charge in [-0.25, -0.2) is 13.1 Å². The largest absolute Gasteiger partial charge is 0.312 e. The minimum Gasteiger partial charge on any atom is -0.312 e. The summed E-state index contributed by atoms with van der Waals surface area (Å²) in [5, 5.41) is 0. The first-order chi connectivity index (χ1) is 12.9. The van der Waals surface area contributed by atoms with Crippen molar-refractivity contribution in [2.45, 2.75) is 36.5 Å². The van der Waals surface area contributed by atoms with Crippen molar-refractivity contribution < 1.29 is 13.2 Å². The number of carbonyl (C=O) groups is 1. The van der Waals surface area contributed by atoms with Crippen LogP contribution >= 0.6 is 11.8 Å². The molecule has 1 N–H and O–H groups in total. The van der Waals surface area contributed by atoms with Crippen molar-refractivity contribution >= 4 is 33.4 Å². The van der Waals surface area contributed by atoms with E-state index in [1.54, 1.807) is 34.9 Å². The molecule has 1 fully saturated rings. The first-order valence-electron chi connectivity index (χ1n) is 8.97. The van der Waals surface area contributed by atoms with Gasteiger partial charge in [0.25, 0.3) is 0 Å². The summed E-state index contributed by atoms with van der Waals surface area (Å²) in [5.74, 6) is 0.752. The third kappa shape index (κ3) is 4.91. The first kappa shape index (κ1) is 19.9. The van der Waals surface area contributed by atoms with E-state index in [1.165, 1.54) is 5.56 Å². The molecule has 0 bridgehead atoms. The highest BCUT2D eigenvalue weighted by Gasteiger charge is 2.24. The van der Waals surface area contributed by atoms with Crippen LogP contribution in [0.15, 0.2) is 52.3 Å². The van der Waals surface area contributed by atoms with Crippen LogP contribution in [0.25, 0.3) is 0 Å². The van der Waals surface area contributed by atoms with Crippen LogP contribution in [0.2, 0.25) is 0 Å². The van der Waals surface area contributed by atoms with E-state index < -0.39 is 10.0 Å². The Morgan fingerprint density at radius 3 is 2.48 bits per heavy atom. The Morgan fingerprint density at radius 2 is 1.85 bits per heavy atom. The minimum atomic E-state index is -3.56. The van der Waals surface area contributed by atoms with Gasteiger partial charge in [0.1, 0.15) is 0 Å². The Labute approximate surface area is 165 Å². The number of rotatable bonds is 7. The Hall–Kier alpha value is -1.83. The van der Waals surface area contributed by atoms with Gasteiger partial charge in [-0.2, -0.15) is 0 Å². The van der Waals surface area contributed by atoms with Gasteiger partial charge in [0.15, 0.2) is 0 Å². The molecule has 0 aromatic heterocycles. The number of aryl methyl sites for hydroxylation is 2. The number of hydrogen-bond donors (Lipinski definition) is 1. The fourth-order valence-electron chi connectivity index (χ4n) is 3.06. The van der Waals surface area contributed by atoms with Crippen LogP contribution in [0.1, 0.15) is 24.0 Å². The third-order valence-corrected chi connectivity index (χ3v) is 7.00. The topological polar surface area (TPSA) is 66.5 Å². The zero-order valence-corrected chi connectivity index (χ0v) is 17.2. The highest BCUT2D eigenvalue weighted by molar-refractivity contribution is 7.99. The summed E-state index contributed by atoms with van der Waals surface area (Å²) in [5.41, 5.74) is 2.79. The standard InChI is InChI=1S/C20H24N2O3S2/c1-15-5-7-17(8-6-15)26-13-11-21-27(24,25)18-9-10-19(16(2)14-18)22-12-3-4-20(22)23/h5-10,14,21H,3-4,11-13H2,1-2H3. The van der Waals surface area contributed by atoms with E-state index in [2.05, 4.69) is 4.72 Å². The molecular formula is C20H24N2O3S2. The van der Waals surface area contributed by atoms with Crippen molar-refractivity contribution in [3.8, 4) is 0 Å². The lowest BCUT2D eigenvalue weighted by atomic mass is 10.2. The number of benzene rings is 2. The Bertz CT molecular complexity index is 925. The average molecular weight is 405 g/mol. The van der Waals surface area contributed by atoms with Gasteiger partial charge >= 0.3 is 0 Å². The van der Waals surface area contributed by atoms with Crippen molar-refractivity contribution in [1.29, 1.82) is 0 Å². The molecule has 1 heterocycles. The molecule has 2 aromatic carbocycles. The third-order valence-electron chi connectivity index (χ3n) is 4.53. The van der Waals surface area contributed by atoms with Crippen LogP contribution in [0, 0.1) is 13.8 Å². The fourth-order valence-corrected chi connectivity index (χ4v) is 5.08. The van der Waals surface area contributed by atoms with Crippen LogP contribution in [-0.2, 0) is 14.8 Å². The number of thioether (sulfide) groups is 1. The second-order valence-corrected chi connectivity index (χ2v) is 9.59. The van der Waals surface area contributed by atoms with Gasteiger partial charge in [0, 0.05) is 35.8 Å². The molecule has 0 spiro atoms. The predicted octanol–water partition coefficient (Wildman–Crippen LogP) is 3.50. The van der Waals surface area contributed by atoms with Crippen molar-refractivity contribution in [2.24, 2.45) is 0 Å². The zero-order chi connectivity index (χ0) is 19.4. The molecule has 1 saturated heterocycles. The minimum absolute atomic E-state index is 0.0972. The van der Waals surface area contributed by atoms with Crippen molar-refractivity contribution in [2.75, 3.05) is 23.7 Å². The summed E-state index contributed by atoms with van der Waals surface area (Å²) in [6.45, 7) is 4.93. The fraction of sp³-hybridized carbons (Fsp3) is 0.350. The Kier molecular flexibility index (Phi) is 6.24. The second kappa shape index (κ2) is 8.46. The molecule has 7 heteroatoms. The summed E-state index contributed by atoms with van der Waals surface area (Å²) < 4.78 is 27.7. The maximum atomic E-state index is 12.5. The van der Waals surface area contributed by atoms with E-state index >= 15 is 0 Å². The molecule has 1 aliphatic rings. The quantitative estimate of drug-likeness (QED) is 0.567. The monoisotopic (exact) mass is 404 g/mol. The van der Waals surface area contributed by atoms with Crippen LogP contribution in [0.4, 0.5) is 5.69 Å². The maximum absolute atomic E-state index is 12.5. The lowest BCUT2D eigenvalue weighted by Gasteiger charge is -2.19. The number of amides is 1. The smallest absolute Gasteiger partial charge is 0.240 e. The summed E-state index contributed by atoms with van der Waals surface area (Å²) in [6, 6.07) is 13.1. The molecule has 27 heavy (non-hydrogen) atoms. The molecule has 0 aliphatic carbocycles. The summed E-state index contributed by atoms with van der Waals surface area (Å²) in [6.07, 6.45) is 1.40. The number of nitrogens with zero attached hydrogens (tertiary/aromatic N) is 1. The predicted molar refractivity (Wildman–Crippen MR) is 110 cm³/mol. The van der Waals surface area contributed by atoms with Crippen molar-refractivity contribution in [1.82, 2.24) is 4.72 Å². The number of hydrogen-bond acceptors (Lipinski definition) is 4. The molecule has 5 nitrogen and oxygen atoms in total. The van der Waals surface area contributed by atoms with E-state index in [4.69, 9.17) is 0 Å². The van der Waals surface area contributed by atoms with Gasteiger partial charge in [-0.3, -0.25) is 4.79 Å². The molecule has 0 atom stereocenters. The Morgan fingerprint density at radius 1 is 1.11 bits per heavy atom. The molecule has 0 unspecified atom stereocenters. The van der Waals surface area contributed by atoms with Crippen molar-refractivity contribution in [3.63, 3.8) is 0 Å². The summed E-state index contributed by atoms with van der Waals surface area (Å²) in [4.78, 5) is 15.0. The molecule has 1 amide bonds. The van der Waals surface area contributed by atoms with Gasteiger partial charge in [-0.15, -0.1) is 11.8 Å². The summed E-state index contributed by atoms with van der Waals surface area (Å²) in [7, 11) is -3.56. The van der Waals surface area contributed by atoms with Gasteiger partial charge < -0.3 is 4.90 Å². The molecule has 3 rings (SSSR count). The number of anilines is 1. The Balaban J connectivity index is 1.60. The van der Waals surface area contributed by atoms with E-state index in [0.29, 0.717) is 25.3 Å². The van der Waals surface area contributed by atoms with E-state index in [1.807, 2.05) is 38.1 Å². The van der Waals surface area contributed by atoms with Crippen LogP contribution in [0.3, 0.4) is 0 Å². The molecule has 1 aliphatic heterocycles. The van der Waals surface area contributed by atoms with Crippen LogP contribution in [0.5, 0.6) is 0 Å². The van der Waals surface area contributed by atoms with Gasteiger partial charge in [-0.05, 0) is 56.2 Å². The molecular weight excluding hydrogens is 380 g/mol. The lowest BCUT2D eigenvalue weighted by molar-refractivity contribution is -0.117. The molecule has 2 aromatic rings. The molecule has 144 valence electrons. The lowest BCUT2D eigenvalue weighted by Crippen LogP contribution is -2.27. The van der Waals surface area contributed by atoms with Gasteiger partial charge in [0.05, 0.1) is 4.90 Å². The summed E-state index contributed by atoms with van der Waals surface area (Å²) >= 11 is 1.62. The van der Waals surface area contributed by atoms with Gasteiger partial charge in [0.2, 0.25) is 15.9 Å². The number of carbonyl (C=O) groups excluding carboxylic acids is 1. The van der Waals surface area contributed by atoms with Crippen molar-refractivity contribution in [3.05, 3.63) is 53.6 Å². The van der Waals surface area contributed by atoms with Crippen LogP contribution in [-0.4, -0.2) is 33.2 Å². The highest BCUT2D eigenvalue weighted by Crippen LogP contribution is 2.27. The molecule has 0 radical (unpaired) electrons. The second-order valence-electron chi connectivity index (χ2n) is 6.66. The van der Waals surface area contributed by atoms with E-state index in [9.17, 15) is 13.2 Å². The number of sulfonamides is 1. The molecule has 0 saturated carbocycles.